The van der Waals surface area contributed by atoms with Gasteiger partial charge in [0.1, 0.15) is 10.0 Å². The molecule has 7 nitrogen and oxygen atoms in total. The van der Waals surface area contributed by atoms with E-state index in [1.165, 1.54) is 23.9 Å². The minimum absolute atomic E-state index is 0.0108. The second-order valence-electron chi connectivity index (χ2n) is 7.33. The van der Waals surface area contributed by atoms with Gasteiger partial charge in [0.05, 0.1) is 15.5 Å². The van der Waals surface area contributed by atoms with Crippen LogP contribution in [0.25, 0.3) is 23.0 Å². The number of nitrogens with zero attached hydrogens (tertiary/aromatic N) is 4. The Morgan fingerprint density at radius 2 is 1.97 bits per heavy atom. The van der Waals surface area contributed by atoms with Gasteiger partial charge in [-0.3, -0.25) is 19.8 Å². The van der Waals surface area contributed by atoms with E-state index in [1.54, 1.807) is 27.8 Å². The van der Waals surface area contributed by atoms with Crippen molar-refractivity contribution in [2.75, 3.05) is 0 Å². The summed E-state index contributed by atoms with van der Waals surface area (Å²) in [5.74, 6) is -0.133. The number of hydrogen-bond donors (Lipinski definition) is 0. The number of para-hydroxylation sites is 1. The Labute approximate surface area is 194 Å². The van der Waals surface area contributed by atoms with E-state index in [0.717, 1.165) is 12.1 Å². The van der Waals surface area contributed by atoms with Crippen molar-refractivity contribution in [3.63, 3.8) is 0 Å². The number of non-ortho nitro benzene ring substituents is 1. The van der Waals surface area contributed by atoms with Crippen LogP contribution in [0.4, 0.5) is 5.69 Å². The first kappa shape index (κ1) is 21.9. The highest BCUT2D eigenvalue weighted by Crippen LogP contribution is 2.36. The van der Waals surface area contributed by atoms with Crippen LogP contribution in [0.3, 0.4) is 0 Å². The van der Waals surface area contributed by atoms with E-state index in [1.807, 2.05) is 50.4 Å². The van der Waals surface area contributed by atoms with Crippen LogP contribution in [0.15, 0.2) is 65.7 Å². The predicted molar refractivity (Wildman–Crippen MR) is 130 cm³/mol. The molecular weight excluding hydrogens is 444 g/mol. The molecule has 0 spiro atoms. The second-order valence-corrected chi connectivity index (χ2v) is 9.01. The average Bonchev–Trinajstić information content (AvgIpc) is 3.34. The standard InChI is InChI=1S/C23H20N4O3S2/c1-3-15(2)26-22(28)20(32-23(26)31)13-17-14-25(18-9-5-4-6-10-18)24-21(17)16-8-7-11-19(12-16)27(29)30/h4-15H,3H2,1-2H3/b20-13-/t15-/m0/s1. The molecule has 0 bridgehead atoms. The molecule has 1 aliphatic heterocycles. The summed E-state index contributed by atoms with van der Waals surface area (Å²) >= 11 is 6.70. The lowest BCUT2D eigenvalue weighted by molar-refractivity contribution is -0.384. The summed E-state index contributed by atoms with van der Waals surface area (Å²) in [5, 5.41) is 16.0. The van der Waals surface area contributed by atoms with Gasteiger partial charge >= 0.3 is 0 Å². The smallest absolute Gasteiger partial charge is 0.270 e. The van der Waals surface area contributed by atoms with E-state index in [4.69, 9.17) is 17.3 Å². The fraction of sp³-hybridized carbons (Fsp3) is 0.174. The van der Waals surface area contributed by atoms with Gasteiger partial charge in [0.15, 0.2) is 0 Å². The van der Waals surface area contributed by atoms with E-state index in [-0.39, 0.29) is 17.6 Å². The lowest BCUT2D eigenvalue weighted by Gasteiger charge is -2.21. The van der Waals surface area contributed by atoms with Crippen LogP contribution in [0.1, 0.15) is 25.8 Å². The van der Waals surface area contributed by atoms with Gasteiger partial charge < -0.3 is 0 Å². The Bertz CT molecular complexity index is 1240. The number of carbonyl (C=O) groups excluding carboxylic acids is 1. The third-order valence-electron chi connectivity index (χ3n) is 5.24. The van der Waals surface area contributed by atoms with E-state index < -0.39 is 4.92 Å². The van der Waals surface area contributed by atoms with Crippen molar-refractivity contribution in [1.82, 2.24) is 14.7 Å². The highest BCUT2D eigenvalue weighted by Gasteiger charge is 2.35. The Hall–Kier alpha value is -3.30. The molecule has 1 aliphatic rings. The molecule has 9 heteroatoms. The number of rotatable bonds is 6. The fourth-order valence-corrected chi connectivity index (χ4v) is 4.83. The molecule has 2 aromatic carbocycles. The number of aromatic nitrogens is 2. The number of nitro groups is 1. The second kappa shape index (κ2) is 9.05. The topological polar surface area (TPSA) is 81.3 Å². The molecular formula is C23H20N4O3S2. The number of thioether (sulfide) groups is 1. The molecule has 0 N–H and O–H groups in total. The molecule has 4 rings (SSSR count). The van der Waals surface area contributed by atoms with Crippen LogP contribution in [-0.2, 0) is 4.79 Å². The van der Waals surface area contributed by atoms with E-state index >= 15 is 0 Å². The number of thiocarbonyl (C=S) groups is 1. The third-order valence-corrected chi connectivity index (χ3v) is 6.57. The van der Waals surface area contributed by atoms with Gasteiger partial charge in [0.2, 0.25) is 0 Å². The maximum Gasteiger partial charge on any atom is 0.270 e. The number of amides is 1. The fourth-order valence-electron chi connectivity index (χ4n) is 3.38. The van der Waals surface area contributed by atoms with Crippen LogP contribution in [0, 0.1) is 10.1 Å². The Morgan fingerprint density at radius 3 is 2.66 bits per heavy atom. The molecule has 1 aromatic heterocycles. The van der Waals surface area contributed by atoms with Crippen molar-refractivity contribution in [2.24, 2.45) is 0 Å². The molecule has 1 saturated heterocycles. The lowest BCUT2D eigenvalue weighted by Crippen LogP contribution is -2.36. The lowest BCUT2D eigenvalue weighted by atomic mass is 10.1. The predicted octanol–water partition coefficient (Wildman–Crippen LogP) is 5.45. The highest BCUT2D eigenvalue weighted by molar-refractivity contribution is 8.26. The normalized spacial score (nSPS) is 16.1. The zero-order valence-electron chi connectivity index (χ0n) is 17.5. The van der Waals surface area contributed by atoms with E-state index in [0.29, 0.717) is 26.0 Å². The molecule has 32 heavy (non-hydrogen) atoms. The molecule has 0 radical (unpaired) electrons. The van der Waals surface area contributed by atoms with Crippen molar-refractivity contribution in [2.45, 2.75) is 26.3 Å². The Morgan fingerprint density at radius 1 is 1.22 bits per heavy atom. The molecule has 3 aromatic rings. The molecule has 162 valence electrons. The molecule has 1 fully saturated rings. The van der Waals surface area contributed by atoms with Crippen molar-refractivity contribution < 1.29 is 9.72 Å². The highest BCUT2D eigenvalue weighted by atomic mass is 32.2. The summed E-state index contributed by atoms with van der Waals surface area (Å²) < 4.78 is 2.23. The first-order valence-electron chi connectivity index (χ1n) is 10.1. The maximum absolute atomic E-state index is 13.0. The van der Waals surface area contributed by atoms with Crippen molar-refractivity contribution in [1.29, 1.82) is 0 Å². The van der Waals surface area contributed by atoms with Crippen molar-refractivity contribution in [3.05, 3.63) is 81.4 Å². The van der Waals surface area contributed by atoms with E-state index in [9.17, 15) is 14.9 Å². The summed E-state index contributed by atoms with van der Waals surface area (Å²) in [6.45, 7) is 3.98. The molecule has 0 aliphatic carbocycles. The summed E-state index contributed by atoms with van der Waals surface area (Å²) in [4.78, 5) is 26.0. The third kappa shape index (κ3) is 4.21. The zero-order chi connectivity index (χ0) is 22.8. The van der Waals surface area contributed by atoms with Gasteiger partial charge in [-0.25, -0.2) is 4.68 Å². The van der Waals surface area contributed by atoms with Crippen LogP contribution >= 0.6 is 24.0 Å². The van der Waals surface area contributed by atoms with Crippen LogP contribution in [-0.4, -0.2) is 35.9 Å². The quantitative estimate of drug-likeness (QED) is 0.209. The number of nitro benzene ring substituents is 1. The van der Waals surface area contributed by atoms with Gasteiger partial charge in [0, 0.05) is 35.5 Å². The van der Waals surface area contributed by atoms with Gasteiger partial charge in [-0.15, -0.1) is 0 Å². The van der Waals surface area contributed by atoms with Gasteiger partial charge in [-0.2, -0.15) is 5.10 Å². The average molecular weight is 465 g/mol. The minimum Gasteiger partial charge on any atom is -0.290 e. The Kier molecular flexibility index (Phi) is 6.20. The zero-order valence-corrected chi connectivity index (χ0v) is 19.1. The monoisotopic (exact) mass is 464 g/mol. The molecule has 0 unspecified atom stereocenters. The molecule has 1 amide bonds. The van der Waals surface area contributed by atoms with Crippen LogP contribution in [0.2, 0.25) is 0 Å². The number of hydrogen-bond acceptors (Lipinski definition) is 6. The van der Waals surface area contributed by atoms with Crippen LogP contribution < -0.4 is 0 Å². The van der Waals surface area contributed by atoms with Gasteiger partial charge in [-0.1, -0.05) is 61.2 Å². The van der Waals surface area contributed by atoms with Crippen molar-refractivity contribution in [3.8, 4) is 16.9 Å². The number of benzene rings is 2. The van der Waals surface area contributed by atoms with Crippen LogP contribution in [0.5, 0.6) is 0 Å². The largest absolute Gasteiger partial charge is 0.290 e. The van der Waals surface area contributed by atoms with E-state index in [2.05, 4.69) is 0 Å². The first-order chi connectivity index (χ1) is 15.4. The summed E-state index contributed by atoms with van der Waals surface area (Å²) in [6.07, 6.45) is 4.38. The molecule has 0 saturated carbocycles. The minimum atomic E-state index is -0.436. The summed E-state index contributed by atoms with van der Waals surface area (Å²) in [7, 11) is 0. The number of carbonyl (C=O) groups is 1. The molecule has 1 atom stereocenters. The maximum atomic E-state index is 13.0. The summed E-state index contributed by atoms with van der Waals surface area (Å²) in [5.41, 5.74) is 2.64. The SMILES string of the molecule is CC[C@H](C)N1C(=O)/C(=C/c2cn(-c3ccccc3)nc2-c2cccc([N+](=O)[O-])c2)SC1=S. The summed E-state index contributed by atoms with van der Waals surface area (Å²) in [6, 6.07) is 15.9. The Balaban J connectivity index is 1.83. The van der Waals surface area contributed by atoms with Crippen molar-refractivity contribution >= 4 is 46.0 Å². The molecule has 2 heterocycles. The van der Waals surface area contributed by atoms with Gasteiger partial charge in [0.25, 0.3) is 11.6 Å². The van der Waals surface area contributed by atoms with Gasteiger partial charge in [-0.05, 0) is 31.6 Å². The first-order valence-corrected chi connectivity index (χ1v) is 11.3.